The highest BCUT2D eigenvalue weighted by molar-refractivity contribution is 9.11. The van der Waals surface area contributed by atoms with E-state index < -0.39 is 101 Å². The SMILES string of the molecule is CC(C)(C)OC(=O)NS(=O)(=O)NC1CCC(Nc2nonc2C(=Nc2ccc(F)c(Br)c2)NO)CC1.CC(CNC(=O)C(N)=O)Nc1nonc1C(=Nc1ccc(F)c(Br)c1)NO.CCC(=O)C(=O)NCCNc1nonc1C(=Nc1ccc(F)c(Br)c1)NO.NS(=O)(=O)NC1CC(Nc2nonc2C(=Nc2ccc(F)c(Br)c2)NO)C1.NS(=O)(=O)NC1CCC(Nc2nonc2C(=Nc2ccc(F)c(Br)c2)NO)CC1. The number of amidine groups is 5. The molecule has 3 aliphatic rings. The van der Waals surface area contributed by atoms with E-state index >= 15 is 0 Å². The third-order valence-corrected chi connectivity index (χ3v) is 24.9. The summed E-state index contributed by atoms with van der Waals surface area (Å²) in [6, 6.07) is 18.7. The van der Waals surface area contributed by atoms with Gasteiger partial charge in [0.1, 0.15) is 34.7 Å². The fourth-order valence-electron chi connectivity index (χ4n) is 12.8. The topological polar surface area (TPSA) is 825 Å². The number of nitrogens with zero attached hydrogens (tertiary/aromatic N) is 15. The molecule has 3 fully saturated rings. The molecule has 5 aromatic heterocycles. The molecule has 5 aromatic carbocycles. The number of Topliss-reactive ketones (excluding diaryl/α,β-unsaturated/α-hetero) is 1. The molecule has 0 radical (unpaired) electrons. The molecule has 1 atom stereocenters. The fraction of sp³-hybridized carbons (Fsp3) is 0.351. The molecule has 4 amide bonds. The van der Waals surface area contributed by atoms with Crippen molar-refractivity contribution in [2.24, 2.45) is 41.0 Å². The van der Waals surface area contributed by atoms with Gasteiger partial charge in [-0.2, -0.15) is 39.4 Å². The van der Waals surface area contributed by atoms with Crippen LogP contribution in [0.25, 0.3) is 0 Å². The average molecular weight is 2440 g/mol. The van der Waals surface area contributed by atoms with Crippen molar-refractivity contribution in [1.82, 2.24) is 108 Å². The second kappa shape index (κ2) is 55.0. The number of aromatic nitrogens is 10. The number of aliphatic imine (C=N–C) groups is 5. The Morgan fingerprint density at radius 2 is 0.733 bits per heavy atom. The van der Waals surface area contributed by atoms with Gasteiger partial charge in [-0.25, -0.2) is 89.9 Å². The number of carbonyl (C=O) groups excluding carboxylic acids is 5. The number of anilines is 5. The second-order valence-electron chi connectivity index (χ2n) is 31.7. The zero-order valence-corrected chi connectivity index (χ0v) is 86.6. The van der Waals surface area contributed by atoms with Gasteiger partial charge in [-0.1, -0.05) is 6.92 Å². The van der Waals surface area contributed by atoms with Crippen molar-refractivity contribution in [2.45, 2.75) is 153 Å². The molecule has 10 aromatic rings. The molecule has 0 bridgehead atoms. The number of hydroxylamine groups is 5. The van der Waals surface area contributed by atoms with Gasteiger partial charge in [0.2, 0.25) is 34.9 Å². The van der Waals surface area contributed by atoms with Gasteiger partial charge in [-0.15, -0.1) is 0 Å². The number of hydrogen-bond acceptors (Lipinski definition) is 42. The van der Waals surface area contributed by atoms with E-state index in [1.165, 1.54) is 91.0 Å². The number of nitrogens with two attached hydrogens (primary N) is 3. The van der Waals surface area contributed by atoms with E-state index in [4.69, 9.17) is 34.6 Å². The van der Waals surface area contributed by atoms with E-state index in [0.717, 1.165) is 0 Å². The lowest BCUT2D eigenvalue weighted by molar-refractivity contribution is -0.137. The predicted octanol–water partition coefficient (Wildman–Crippen LogP) is 7.39. The third kappa shape index (κ3) is 37.5. The quantitative estimate of drug-likeness (QED) is 0.00476. The molecule has 790 valence electrons. The molecule has 27 N–H and O–H groups in total. The van der Waals surface area contributed by atoms with Gasteiger partial charge in [0.15, 0.2) is 57.6 Å². The number of nitrogens with one attached hydrogen (secondary N) is 16. The Morgan fingerprint density at radius 1 is 0.432 bits per heavy atom. The lowest BCUT2D eigenvalue weighted by atomic mass is 9.87. The summed E-state index contributed by atoms with van der Waals surface area (Å²) in [6.07, 6.45) is 4.62. The molecule has 146 heavy (non-hydrogen) atoms. The number of amides is 4. The zero-order chi connectivity index (χ0) is 107. The Morgan fingerprint density at radius 3 is 1.05 bits per heavy atom. The summed E-state index contributed by atoms with van der Waals surface area (Å²) >= 11 is 15.3. The first kappa shape index (κ1) is 117. The number of halogens is 10. The molecule has 0 aliphatic heterocycles. The van der Waals surface area contributed by atoms with Gasteiger partial charge in [-0.3, -0.25) is 72.6 Å². The Kier molecular flexibility index (Phi) is 43.9. The van der Waals surface area contributed by atoms with Crippen molar-refractivity contribution >= 4 is 227 Å². The van der Waals surface area contributed by atoms with Crippen LogP contribution in [0.4, 0.5) is 84.3 Å². The van der Waals surface area contributed by atoms with E-state index in [2.05, 4.69) is 217 Å². The number of hydrogen-bond donors (Lipinski definition) is 24. The summed E-state index contributed by atoms with van der Waals surface area (Å²) in [7, 11) is -11.6. The van der Waals surface area contributed by atoms with Crippen molar-refractivity contribution in [3.63, 3.8) is 0 Å². The molecule has 0 spiro atoms. The van der Waals surface area contributed by atoms with Crippen molar-refractivity contribution in [3.8, 4) is 0 Å². The Bertz CT molecular complexity index is 6710. The summed E-state index contributed by atoms with van der Waals surface area (Å²) in [4.78, 5) is 77.0. The Balaban J connectivity index is 0.000000204. The van der Waals surface area contributed by atoms with Gasteiger partial charge in [0.05, 0.1) is 50.8 Å². The summed E-state index contributed by atoms with van der Waals surface area (Å²) in [5.74, 6) is -4.97. The van der Waals surface area contributed by atoms with Gasteiger partial charge in [0, 0.05) is 68.3 Å². The average Bonchev–Trinajstić information content (AvgIpc) is 1.68. The van der Waals surface area contributed by atoms with E-state index in [1.807, 2.05) is 32.1 Å². The number of carbonyl (C=O) groups is 5. The van der Waals surface area contributed by atoms with E-state index in [1.54, 1.807) is 34.6 Å². The predicted molar refractivity (Wildman–Crippen MR) is 523 cm³/mol. The molecular formula is C77H92Br5F5N34O22S3. The van der Waals surface area contributed by atoms with Crippen LogP contribution in [0.3, 0.4) is 0 Å². The van der Waals surface area contributed by atoms with Crippen molar-refractivity contribution in [1.29, 1.82) is 0 Å². The standard InChI is InChI=1S/C20H27BrFN7O6S.C15H19BrFN7O4S.C15H16BrFN6O4.C14H15BrFN7O4.C13H15BrFN7O4S/c1-20(2,3)34-19(30)29-36(32,33)28-12-6-4-11(5-7-12)23-18-16(26-35-27-18)17(25-31)24-13-8-9-15(22)14(21)10-13;16-11-7-10(5-6-12(11)17)20-14(21-25)13-15(23-28-22-13)19-8-1-3-9(4-2-8)24-29(18,26)27;1-2-11(24)15(25)19-6-5-18-13-12(22-27-23-13)14(21-26)20-8-3-4-10(17)9(16)7-8;1-6(5-18-14(25)11(17)24)19-13-10(22-27-23-13)12(21-26)20-7-2-3-9(16)8(15)4-7;14-9-5-6(1-2-10(9)15)17-12(19-23)11-13(21-26-20-11)18-7-3-8(4-7)22-27(16,24)25/h8-12,28,31H,4-7H2,1-3H3,(H,23,27)(H,24,25)(H,29,30);5-9,24-25H,1-4H2,(H,19,23)(H,20,21)(H2,18,26,27);3-4,7,26H,2,5-6H2,1H3,(H,18,23)(H,19,25)(H,20,21);2-4,6,26H,5H2,1H3,(H2,17,24)(H,18,25)(H,19,23)(H,20,21);1-2,5,7-8,22-23H,3-4H2,(H,17,19)(H,18,21)(H2,16,24,25). The number of ketones is 1. The van der Waals surface area contributed by atoms with Crippen molar-refractivity contribution in [2.75, 3.05) is 46.2 Å². The van der Waals surface area contributed by atoms with Crippen LogP contribution < -0.4 is 99.5 Å². The first-order valence-corrected chi connectivity index (χ1v) is 50.8. The molecule has 1 unspecified atom stereocenters. The molecule has 56 nitrogen and oxygen atoms in total. The maximum absolute atomic E-state index is 13.5. The van der Waals surface area contributed by atoms with Gasteiger partial charge < -0.3 is 47.7 Å². The summed E-state index contributed by atoms with van der Waals surface area (Å²) in [5, 5.41) is 114. The summed E-state index contributed by atoms with van der Waals surface area (Å²) < 4.78 is 174. The Hall–Kier alpha value is -13.0. The van der Waals surface area contributed by atoms with E-state index in [-0.39, 0.29) is 171 Å². The van der Waals surface area contributed by atoms with Crippen LogP contribution in [0.5, 0.6) is 0 Å². The van der Waals surface area contributed by atoms with Gasteiger partial charge >= 0.3 is 28.1 Å². The molecule has 13 rings (SSSR count). The minimum Gasteiger partial charge on any atom is -0.443 e. The largest absolute Gasteiger partial charge is 0.443 e. The molecule has 0 saturated heterocycles. The normalized spacial score (nSPS) is 16.8. The van der Waals surface area contributed by atoms with Crippen LogP contribution >= 0.6 is 79.6 Å². The highest BCUT2D eigenvalue weighted by Crippen LogP contribution is 2.33. The monoisotopic (exact) mass is 2430 g/mol. The van der Waals surface area contributed by atoms with Crippen LogP contribution in [0.1, 0.15) is 134 Å². The van der Waals surface area contributed by atoms with Crippen LogP contribution in [0.2, 0.25) is 0 Å². The molecular weight excluding hydrogens is 2340 g/mol. The molecule has 69 heteroatoms. The van der Waals surface area contributed by atoms with Gasteiger partial charge in [0.25, 0.3) is 26.3 Å². The Labute approximate surface area is 865 Å². The first-order valence-electron chi connectivity index (χ1n) is 42.3. The zero-order valence-electron chi connectivity index (χ0n) is 76.2. The highest BCUT2D eigenvalue weighted by Gasteiger charge is 2.35. The number of rotatable bonds is 33. The minimum absolute atomic E-state index is 0.0147. The van der Waals surface area contributed by atoms with Gasteiger partial charge in [-0.05, 0) is 314 Å². The number of primary amides is 1. The summed E-state index contributed by atoms with van der Waals surface area (Å²) in [5.41, 5.74) is 15.7. The van der Waals surface area contributed by atoms with E-state index in [9.17, 15) is 97.2 Å². The lowest BCUT2D eigenvalue weighted by Gasteiger charge is -2.35. The number of benzene rings is 5. The summed E-state index contributed by atoms with van der Waals surface area (Å²) in [6.45, 7) is 8.58. The highest BCUT2D eigenvalue weighted by atomic mass is 79.9. The number of ether oxygens (including phenoxy) is 1. The van der Waals surface area contributed by atoms with Crippen LogP contribution in [-0.2, 0) is 54.5 Å². The fourth-order valence-corrected chi connectivity index (χ4v) is 17.0. The molecule has 3 aliphatic carbocycles. The maximum Gasteiger partial charge on any atom is 0.422 e. The second-order valence-corrected chi connectivity index (χ2v) is 40.1. The van der Waals surface area contributed by atoms with Crippen LogP contribution in [0, 0.1) is 29.1 Å². The first-order chi connectivity index (χ1) is 69.1. The molecule has 5 heterocycles. The lowest BCUT2D eigenvalue weighted by Crippen LogP contribution is -2.51. The van der Waals surface area contributed by atoms with E-state index in [0.29, 0.717) is 92.6 Å². The minimum atomic E-state index is -4.09. The molecule has 3 saturated carbocycles. The smallest absolute Gasteiger partial charge is 0.422 e. The van der Waals surface area contributed by atoms with Crippen LogP contribution in [-0.4, -0.2) is 229 Å². The third-order valence-electron chi connectivity index (χ3n) is 19.5. The van der Waals surface area contributed by atoms with Crippen molar-refractivity contribution in [3.05, 3.63) is 171 Å². The van der Waals surface area contributed by atoms with Crippen LogP contribution in [0.15, 0.2) is 161 Å². The van der Waals surface area contributed by atoms with Crippen molar-refractivity contribution < 1.29 is 125 Å². The maximum atomic E-state index is 13.5.